The monoisotopic (exact) mass is 406 g/mol. The Morgan fingerprint density at radius 2 is 1.61 bits per heavy atom. The fourth-order valence-electron chi connectivity index (χ4n) is 2.51. The fraction of sp³-hybridized carbons (Fsp3) is 0.316. The maximum Gasteiger partial charge on any atom is 0.416 e. The van der Waals surface area contributed by atoms with E-state index in [0.29, 0.717) is 23.8 Å². The first-order valence-electron chi connectivity index (χ1n) is 8.07. The number of benzene rings is 2. The molecule has 0 aromatic heterocycles. The van der Waals surface area contributed by atoms with Gasteiger partial charge in [0.25, 0.3) is 0 Å². The van der Waals surface area contributed by atoms with Crippen molar-refractivity contribution in [2.75, 3.05) is 7.11 Å². The Kier molecular flexibility index (Phi) is 6.58. The number of carbonyl (C=O) groups is 1. The van der Waals surface area contributed by atoms with E-state index in [4.69, 9.17) is 4.74 Å². The molecule has 3 nitrogen and oxygen atoms in total. The zero-order valence-corrected chi connectivity index (χ0v) is 14.7. The van der Waals surface area contributed by atoms with Gasteiger partial charge in [-0.3, -0.25) is 4.79 Å². The van der Waals surface area contributed by atoms with Crippen LogP contribution in [0.4, 0.5) is 26.3 Å². The third kappa shape index (κ3) is 5.64. The van der Waals surface area contributed by atoms with Crippen LogP contribution in [0.5, 0.6) is 5.75 Å². The molecule has 0 aliphatic rings. The van der Waals surface area contributed by atoms with Crippen LogP contribution in [0.1, 0.15) is 28.7 Å². The molecule has 9 heteroatoms. The molecular formula is C19H16F6O3. The van der Waals surface area contributed by atoms with Gasteiger partial charge >= 0.3 is 18.3 Å². The summed E-state index contributed by atoms with van der Waals surface area (Å²) in [5, 5.41) is 0. The lowest BCUT2D eigenvalue weighted by atomic mass is 10.0. The summed E-state index contributed by atoms with van der Waals surface area (Å²) in [6.07, 6.45) is -9.38. The molecule has 2 aromatic rings. The van der Waals surface area contributed by atoms with Crippen molar-refractivity contribution in [1.82, 2.24) is 0 Å². The molecular weight excluding hydrogens is 390 g/mol. The molecule has 0 fully saturated rings. The number of hydrogen-bond acceptors (Lipinski definition) is 3. The predicted octanol–water partition coefficient (Wildman–Crippen LogP) is 5.41. The highest BCUT2D eigenvalue weighted by Crippen LogP contribution is 2.37. The minimum atomic E-state index is -4.83. The first kappa shape index (κ1) is 21.6. The Hall–Kier alpha value is -2.71. The van der Waals surface area contributed by atoms with Crippen LogP contribution in [0, 0.1) is 0 Å². The number of para-hydroxylation sites is 1. The van der Waals surface area contributed by atoms with E-state index in [2.05, 4.69) is 4.74 Å². The Bertz CT molecular complexity index is 827. The van der Waals surface area contributed by atoms with Crippen molar-refractivity contribution < 1.29 is 40.6 Å². The SMILES string of the molecule is COC(=O)CCc1ccccc1OCc1cc(C(F)(F)F)ccc1C(F)(F)F. The fourth-order valence-corrected chi connectivity index (χ4v) is 2.51. The maximum absolute atomic E-state index is 13.1. The molecule has 0 saturated carbocycles. The predicted molar refractivity (Wildman–Crippen MR) is 87.6 cm³/mol. The Labute approximate surface area is 156 Å². The minimum absolute atomic E-state index is 0.0221. The number of carbonyl (C=O) groups excluding carboxylic acids is 1. The van der Waals surface area contributed by atoms with E-state index in [1.54, 1.807) is 18.2 Å². The quantitative estimate of drug-likeness (QED) is 0.476. The highest BCUT2D eigenvalue weighted by atomic mass is 19.4. The van der Waals surface area contributed by atoms with Gasteiger partial charge in [0.15, 0.2) is 0 Å². The van der Waals surface area contributed by atoms with Crippen molar-refractivity contribution in [2.24, 2.45) is 0 Å². The number of esters is 1. The summed E-state index contributed by atoms with van der Waals surface area (Å²) in [4.78, 5) is 11.3. The summed E-state index contributed by atoms with van der Waals surface area (Å²) in [5.41, 5.74) is -2.51. The highest BCUT2D eigenvalue weighted by Gasteiger charge is 2.37. The lowest BCUT2D eigenvalue weighted by Gasteiger charge is -2.17. The number of halogens is 6. The van der Waals surface area contributed by atoms with Gasteiger partial charge in [-0.1, -0.05) is 18.2 Å². The van der Waals surface area contributed by atoms with Crippen LogP contribution >= 0.6 is 0 Å². The van der Waals surface area contributed by atoms with Crippen LogP contribution < -0.4 is 4.74 Å². The first-order chi connectivity index (χ1) is 13.0. The third-order valence-electron chi connectivity index (χ3n) is 3.92. The lowest BCUT2D eigenvalue weighted by molar-refractivity contribution is -0.142. The second-order valence-electron chi connectivity index (χ2n) is 5.84. The van der Waals surface area contributed by atoms with E-state index < -0.39 is 41.6 Å². The van der Waals surface area contributed by atoms with Gasteiger partial charge in [0.05, 0.1) is 18.2 Å². The van der Waals surface area contributed by atoms with Gasteiger partial charge in [-0.25, -0.2) is 0 Å². The lowest BCUT2D eigenvalue weighted by Crippen LogP contribution is -2.14. The zero-order chi connectivity index (χ0) is 20.9. The summed E-state index contributed by atoms with van der Waals surface area (Å²) >= 11 is 0. The van der Waals surface area contributed by atoms with Crippen molar-refractivity contribution in [2.45, 2.75) is 31.8 Å². The number of alkyl halides is 6. The molecule has 0 N–H and O–H groups in total. The number of methoxy groups -OCH3 is 1. The highest BCUT2D eigenvalue weighted by molar-refractivity contribution is 5.69. The van der Waals surface area contributed by atoms with E-state index in [1.165, 1.54) is 13.2 Å². The van der Waals surface area contributed by atoms with Gasteiger partial charge in [0.1, 0.15) is 12.4 Å². The normalized spacial score (nSPS) is 12.0. The van der Waals surface area contributed by atoms with Crippen molar-refractivity contribution in [3.8, 4) is 5.75 Å². The van der Waals surface area contributed by atoms with Crippen LogP contribution in [0.3, 0.4) is 0 Å². The molecule has 2 rings (SSSR count). The average Bonchev–Trinajstić information content (AvgIpc) is 2.63. The molecule has 0 saturated heterocycles. The zero-order valence-electron chi connectivity index (χ0n) is 14.7. The van der Waals surface area contributed by atoms with Gasteiger partial charge in [0.2, 0.25) is 0 Å². The van der Waals surface area contributed by atoms with Crippen molar-refractivity contribution >= 4 is 5.97 Å². The number of rotatable bonds is 6. The molecule has 0 aliphatic carbocycles. The maximum atomic E-state index is 13.1. The molecule has 0 radical (unpaired) electrons. The van der Waals surface area contributed by atoms with E-state index in [0.717, 1.165) is 0 Å². The third-order valence-corrected chi connectivity index (χ3v) is 3.92. The molecule has 0 amide bonds. The molecule has 0 bridgehead atoms. The summed E-state index contributed by atoms with van der Waals surface area (Å²) in [5.74, 6) is -0.302. The van der Waals surface area contributed by atoms with Crippen molar-refractivity contribution in [3.63, 3.8) is 0 Å². The van der Waals surface area contributed by atoms with Crippen molar-refractivity contribution in [3.05, 3.63) is 64.7 Å². The summed E-state index contributed by atoms with van der Waals surface area (Å²) in [7, 11) is 1.22. The standard InChI is InChI=1S/C19H16F6O3/c1-27-17(26)9-6-12-4-2-3-5-16(12)28-11-13-10-14(18(20,21)22)7-8-15(13)19(23,24)25/h2-5,7-8,10H,6,9,11H2,1H3. The number of aryl methyl sites for hydroxylation is 1. The topological polar surface area (TPSA) is 35.5 Å². The van der Waals surface area contributed by atoms with Crippen LogP contribution in [-0.4, -0.2) is 13.1 Å². The van der Waals surface area contributed by atoms with Crippen molar-refractivity contribution in [1.29, 1.82) is 0 Å². The Morgan fingerprint density at radius 3 is 2.21 bits per heavy atom. The van der Waals surface area contributed by atoms with E-state index >= 15 is 0 Å². The van der Waals surface area contributed by atoms with Gasteiger partial charge in [-0.2, -0.15) is 26.3 Å². The molecule has 0 atom stereocenters. The smallest absolute Gasteiger partial charge is 0.416 e. The van der Waals surface area contributed by atoms with Crippen LogP contribution in [0.2, 0.25) is 0 Å². The van der Waals surface area contributed by atoms with Gasteiger partial charge < -0.3 is 9.47 Å². The van der Waals surface area contributed by atoms with Gasteiger partial charge in [-0.05, 0) is 36.2 Å². The average molecular weight is 406 g/mol. The minimum Gasteiger partial charge on any atom is -0.489 e. The molecule has 0 unspecified atom stereocenters. The number of hydrogen-bond donors (Lipinski definition) is 0. The summed E-state index contributed by atoms with van der Waals surface area (Å²) < 4.78 is 87.9. The van der Waals surface area contributed by atoms with E-state index in [9.17, 15) is 31.1 Å². The van der Waals surface area contributed by atoms with Crippen LogP contribution in [0.15, 0.2) is 42.5 Å². The summed E-state index contributed by atoms with van der Waals surface area (Å²) in [6, 6.07) is 7.49. The Balaban J connectivity index is 2.27. The molecule has 0 aliphatic heterocycles. The Morgan fingerprint density at radius 1 is 0.929 bits per heavy atom. The molecule has 2 aromatic carbocycles. The molecule has 28 heavy (non-hydrogen) atoms. The molecule has 0 spiro atoms. The first-order valence-corrected chi connectivity index (χ1v) is 8.07. The second kappa shape index (κ2) is 8.53. The molecule has 152 valence electrons. The number of ether oxygens (including phenoxy) is 2. The largest absolute Gasteiger partial charge is 0.489 e. The second-order valence-corrected chi connectivity index (χ2v) is 5.84. The summed E-state index contributed by atoms with van der Waals surface area (Å²) in [6.45, 7) is -0.714. The van der Waals surface area contributed by atoms with E-state index in [1.807, 2.05) is 0 Å². The van der Waals surface area contributed by atoms with Gasteiger partial charge in [0, 0.05) is 12.0 Å². The molecule has 0 heterocycles. The van der Waals surface area contributed by atoms with Crippen LogP contribution in [0.25, 0.3) is 0 Å². The van der Waals surface area contributed by atoms with E-state index in [-0.39, 0.29) is 18.6 Å². The van der Waals surface area contributed by atoms with Crippen LogP contribution in [-0.2, 0) is 34.9 Å². The van der Waals surface area contributed by atoms with Gasteiger partial charge in [-0.15, -0.1) is 0 Å².